The van der Waals surface area contributed by atoms with Gasteiger partial charge in [-0.05, 0) is 65.4 Å². The Morgan fingerprint density at radius 2 is 1.71 bits per heavy atom. The highest BCUT2D eigenvalue weighted by molar-refractivity contribution is 5.75. The van der Waals surface area contributed by atoms with Crippen molar-refractivity contribution in [3.05, 3.63) is 94.8 Å². The number of benzene rings is 3. The Hall–Kier alpha value is -4.48. The Labute approximate surface area is 235 Å². The Bertz CT molecular complexity index is 1660. The van der Waals surface area contributed by atoms with Crippen LogP contribution in [0.15, 0.2) is 66.9 Å². The number of rotatable bonds is 6. The lowest BCUT2D eigenvalue weighted by atomic mass is 9.91. The van der Waals surface area contributed by atoms with E-state index in [4.69, 9.17) is 14.6 Å². The van der Waals surface area contributed by atoms with Gasteiger partial charge in [0.25, 0.3) is 0 Å². The Kier molecular flexibility index (Phi) is 6.66. The predicted octanol–water partition coefficient (Wildman–Crippen LogP) is 7.59. The highest BCUT2D eigenvalue weighted by Gasteiger charge is 2.38. The van der Waals surface area contributed by atoms with E-state index in [0.29, 0.717) is 35.5 Å². The lowest BCUT2D eigenvalue weighted by Gasteiger charge is -2.20. The quantitative estimate of drug-likeness (QED) is 0.235. The van der Waals surface area contributed by atoms with Gasteiger partial charge in [-0.2, -0.15) is 31.4 Å². The SMILES string of the molecule is O=C(O)CC1COc2cc(OC3CCc4c3ccc(C(F)(F)F)c4-c3ccc(-n4ccc(C(F)(F)F)n4)cc3)ccc21. The summed E-state index contributed by atoms with van der Waals surface area (Å²) in [5, 5.41) is 12.6. The molecule has 6 rings (SSSR count). The molecule has 12 heteroatoms. The first-order valence-corrected chi connectivity index (χ1v) is 13.0. The topological polar surface area (TPSA) is 73.6 Å². The molecule has 1 N–H and O–H groups in total. The van der Waals surface area contributed by atoms with E-state index in [2.05, 4.69) is 5.10 Å². The second-order valence-electron chi connectivity index (χ2n) is 10.2. The first kappa shape index (κ1) is 27.7. The smallest absolute Gasteiger partial charge is 0.435 e. The van der Waals surface area contributed by atoms with Crippen molar-refractivity contribution in [2.24, 2.45) is 0 Å². The van der Waals surface area contributed by atoms with Gasteiger partial charge in [-0.15, -0.1) is 0 Å². The van der Waals surface area contributed by atoms with E-state index in [1.54, 1.807) is 18.2 Å². The van der Waals surface area contributed by atoms with Gasteiger partial charge in [0.1, 0.15) is 17.6 Å². The predicted molar refractivity (Wildman–Crippen MR) is 138 cm³/mol. The van der Waals surface area contributed by atoms with Crippen molar-refractivity contribution in [1.82, 2.24) is 9.78 Å². The molecule has 3 aromatic carbocycles. The van der Waals surface area contributed by atoms with Crippen molar-refractivity contribution in [3.63, 3.8) is 0 Å². The Balaban J connectivity index is 1.30. The Morgan fingerprint density at radius 1 is 0.976 bits per heavy atom. The van der Waals surface area contributed by atoms with Crippen LogP contribution in [-0.4, -0.2) is 27.5 Å². The third-order valence-corrected chi connectivity index (χ3v) is 7.52. The highest BCUT2D eigenvalue weighted by Crippen LogP contribution is 2.47. The molecule has 42 heavy (non-hydrogen) atoms. The van der Waals surface area contributed by atoms with Gasteiger partial charge in [-0.25, -0.2) is 4.68 Å². The van der Waals surface area contributed by atoms with E-state index in [9.17, 15) is 31.1 Å². The van der Waals surface area contributed by atoms with Gasteiger partial charge in [0, 0.05) is 23.7 Å². The van der Waals surface area contributed by atoms with Gasteiger partial charge < -0.3 is 14.6 Å². The van der Waals surface area contributed by atoms with Gasteiger partial charge >= 0.3 is 18.3 Å². The van der Waals surface area contributed by atoms with Crippen molar-refractivity contribution in [1.29, 1.82) is 0 Å². The number of fused-ring (bicyclic) bond motifs is 2. The van der Waals surface area contributed by atoms with Gasteiger partial charge in [-0.3, -0.25) is 4.79 Å². The van der Waals surface area contributed by atoms with Crippen LogP contribution in [0.1, 0.15) is 52.8 Å². The number of aliphatic carboxylic acids is 1. The summed E-state index contributed by atoms with van der Waals surface area (Å²) in [6, 6.07) is 14.1. The molecule has 0 radical (unpaired) electrons. The van der Waals surface area contributed by atoms with Crippen LogP contribution < -0.4 is 9.47 Å². The normalized spacial score (nSPS) is 18.0. The van der Waals surface area contributed by atoms with Crippen molar-refractivity contribution in [3.8, 4) is 28.3 Å². The fourth-order valence-corrected chi connectivity index (χ4v) is 5.63. The standard InChI is InChI=1S/C30H22F6N2O4/c31-29(32,33)23-9-7-21-22(28(23)16-1-3-18(4-2-16)38-12-11-26(37-38)30(34,35)36)8-10-24(21)42-19-5-6-20-17(13-27(39)40)15-41-25(20)14-19/h1-7,9,11-12,14,17,24H,8,10,13,15H2,(H,39,40). The third-order valence-electron chi connectivity index (χ3n) is 7.52. The monoisotopic (exact) mass is 588 g/mol. The molecule has 2 aliphatic rings. The second kappa shape index (κ2) is 10.1. The molecule has 2 unspecified atom stereocenters. The molecule has 1 aromatic heterocycles. The number of ether oxygens (including phenoxy) is 2. The van der Waals surface area contributed by atoms with E-state index in [1.165, 1.54) is 30.3 Å². The molecule has 4 aromatic rings. The van der Waals surface area contributed by atoms with Crippen LogP contribution in [0.2, 0.25) is 0 Å². The highest BCUT2D eigenvalue weighted by atomic mass is 19.4. The van der Waals surface area contributed by atoms with E-state index in [-0.39, 0.29) is 35.8 Å². The molecule has 0 saturated carbocycles. The molecule has 2 atom stereocenters. The van der Waals surface area contributed by atoms with Crippen LogP contribution in [0.25, 0.3) is 16.8 Å². The van der Waals surface area contributed by atoms with Crippen LogP contribution >= 0.6 is 0 Å². The minimum Gasteiger partial charge on any atom is -0.492 e. The first-order chi connectivity index (χ1) is 19.9. The second-order valence-corrected chi connectivity index (χ2v) is 10.2. The summed E-state index contributed by atoms with van der Waals surface area (Å²) in [7, 11) is 0. The van der Waals surface area contributed by atoms with Gasteiger partial charge in [-0.1, -0.05) is 24.3 Å². The molecule has 1 aliphatic carbocycles. The van der Waals surface area contributed by atoms with Crippen LogP contribution in [0.5, 0.6) is 11.5 Å². The lowest BCUT2D eigenvalue weighted by Crippen LogP contribution is -2.10. The molecule has 218 valence electrons. The van der Waals surface area contributed by atoms with E-state index in [0.717, 1.165) is 28.6 Å². The van der Waals surface area contributed by atoms with Crippen LogP contribution in [-0.2, 0) is 23.6 Å². The van der Waals surface area contributed by atoms with E-state index < -0.39 is 35.7 Å². The number of halogens is 6. The van der Waals surface area contributed by atoms with Crippen molar-refractivity contribution < 1.29 is 45.7 Å². The number of carboxylic acids is 1. The molecule has 0 spiro atoms. The number of hydrogen-bond donors (Lipinski definition) is 1. The molecular formula is C30H22F6N2O4. The molecule has 2 heterocycles. The maximum absolute atomic E-state index is 14.1. The number of alkyl halides is 6. The third kappa shape index (κ3) is 5.17. The maximum Gasteiger partial charge on any atom is 0.435 e. The molecule has 0 amide bonds. The van der Waals surface area contributed by atoms with Gasteiger partial charge in [0.15, 0.2) is 5.69 Å². The molecule has 1 aliphatic heterocycles. The molecule has 6 nitrogen and oxygen atoms in total. The number of carbonyl (C=O) groups is 1. The summed E-state index contributed by atoms with van der Waals surface area (Å²) >= 11 is 0. The van der Waals surface area contributed by atoms with Crippen molar-refractivity contribution in [2.45, 2.75) is 43.6 Å². The summed E-state index contributed by atoms with van der Waals surface area (Å²) in [4.78, 5) is 11.1. The zero-order valence-corrected chi connectivity index (χ0v) is 21.7. The van der Waals surface area contributed by atoms with Gasteiger partial charge in [0.05, 0.1) is 24.3 Å². The van der Waals surface area contributed by atoms with Crippen molar-refractivity contribution in [2.75, 3.05) is 6.61 Å². The summed E-state index contributed by atoms with van der Waals surface area (Å²) in [6.07, 6.45) is -7.98. The average Bonchev–Trinajstić information content (AvgIpc) is 3.67. The van der Waals surface area contributed by atoms with Crippen LogP contribution in [0.4, 0.5) is 26.3 Å². The maximum atomic E-state index is 14.1. The van der Waals surface area contributed by atoms with Crippen LogP contribution in [0.3, 0.4) is 0 Å². The zero-order chi connectivity index (χ0) is 29.8. The fourth-order valence-electron chi connectivity index (χ4n) is 5.63. The van der Waals surface area contributed by atoms with E-state index >= 15 is 0 Å². The lowest BCUT2D eigenvalue weighted by molar-refractivity contribution is -0.141. The number of aromatic nitrogens is 2. The summed E-state index contributed by atoms with van der Waals surface area (Å²) in [5.74, 6) is -0.232. The van der Waals surface area contributed by atoms with E-state index in [1.807, 2.05) is 0 Å². The average molecular weight is 589 g/mol. The summed E-state index contributed by atoms with van der Waals surface area (Å²) in [6.45, 7) is 0.240. The van der Waals surface area contributed by atoms with Crippen molar-refractivity contribution >= 4 is 5.97 Å². The molecule has 0 bridgehead atoms. The summed E-state index contributed by atoms with van der Waals surface area (Å²) in [5.41, 5.74) is 0.499. The van der Waals surface area contributed by atoms with Crippen LogP contribution in [0, 0.1) is 0 Å². The first-order valence-electron chi connectivity index (χ1n) is 13.0. The zero-order valence-electron chi connectivity index (χ0n) is 21.7. The summed E-state index contributed by atoms with van der Waals surface area (Å²) < 4.78 is 94.1. The molecule has 0 saturated heterocycles. The Morgan fingerprint density at radius 3 is 2.38 bits per heavy atom. The number of carboxylic acid groups (broad SMARTS) is 1. The fraction of sp³-hybridized carbons (Fsp3) is 0.267. The minimum atomic E-state index is -4.64. The number of nitrogens with zero attached hydrogens (tertiary/aromatic N) is 2. The van der Waals surface area contributed by atoms with Gasteiger partial charge in [0.2, 0.25) is 0 Å². The minimum absolute atomic E-state index is 0.00268. The largest absolute Gasteiger partial charge is 0.492 e. The molecule has 0 fully saturated rings. The molecular weight excluding hydrogens is 566 g/mol. The number of hydrogen-bond acceptors (Lipinski definition) is 4.